The molecule has 0 spiro atoms. The Morgan fingerprint density at radius 2 is 2.04 bits per heavy atom. The van der Waals surface area contributed by atoms with Gasteiger partial charge in [-0.3, -0.25) is 19.9 Å². The van der Waals surface area contributed by atoms with Crippen molar-refractivity contribution in [2.24, 2.45) is 0 Å². The van der Waals surface area contributed by atoms with Crippen LogP contribution in [0.3, 0.4) is 0 Å². The molecule has 0 bridgehead atoms. The van der Waals surface area contributed by atoms with Gasteiger partial charge in [0.25, 0.3) is 11.6 Å². The minimum absolute atomic E-state index is 0.0103. The average molecular weight is 351 g/mol. The molecule has 132 valence electrons. The van der Waals surface area contributed by atoms with Gasteiger partial charge in [-0.2, -0.15) is 0 Å². The van der Waals surface area contributed by atoms with E-state index in [2.05, 4.69) is 4.98 Å². The summed E-state index contributed by atoms with van der Waals surface area (Å²) in [6.45, 7) is 2.19. The first-order valence-electron chi connectivity index (χ1n) is 8.01. The number of carbonyl (C=O) groups is 1. The van der Waals surface area contributed by atoms with Crippen molar-refractivity contribution in [3.8, 4) is 0 Å². The van der Waals surface area contributed by atoms with E-state index in [1.807, 2.05) is 18.2 Å². The minimum Gasteiger partial charge on any atom is -0.467 e. The monoisotopic (exact) mass is 351 g/mol. The number of rotatable bonds is 6. The number of furan rings is 1. The van der Waals surface area contributed by atoms with Crippen LogP contribution in [0.1, 0.15) is 27.4 Å². The van der Waals surface area contributed by atoms with Crippen LogP contribution in [0.2, 0.25) is 0 Å². The number of nitro benzene ring substituents is 1. The predicted molar refractivity (Wildman–Crippen MR) is 94.4 cm³/mol. The fourth-order valence-corrected chi connectivity index (χ4v) is 2.65. The van der Waals surface area contributed by atoms with Crippen molar-refractivity contribution in [2.75, 3.05) is 0 Å². The Labute approximate surface area is 150 Å². The fraction of sp³-hybridized carbons (Fsp3) is 0.158. The molecule has 7 heteroatoms. The Morgan fingerprint density at radius 1 is 1.19 bits per heavy atom. The second kappa shape index (κ2) is 7.60. The number of nitrogens with zero attached hydrogens (tertiary/aromatic N) is 3. The Balaban J connectivity index is 1.88. The number of aryl methyl sites for hydroxylation is 1. The minimum atomic E-state index is -0.460. The van der Waals surface area contributed by atoms with Gasteiger partial charge in [0, 0.05) is 23.4 Å². The molecule has 0 aliphatic carbocycles. The molecule has 2 aromatic heterocycles. The van der Waals surface area contributed by atoms with E-state index in [4.69, 9.17) is 4.42 Å². The van der Waals surface area contributed by atoms with Crippen molar-refractivity contribution in [3.05, 3.63) is 93.7 Å². The van der Waals surface area contributed by atoms with Gasteiger partial charge in [0.2, 0.25) is 0 Å². The number of nitro groups is 1. The number of hydrogen-bond acceptors (Lipinski definition) is 5. The smallest absolute Gasteiger partial charge is 0.272 e. The zero-order chi connectivity index (χ0) is 18.5. The summed E-state index contributed by atoms with van der Waals surface area (Å²) in [5.41, 5.74) is 1.56. The van der Waals surface area contributed by atoms with E-state index in [-0.39, 0.29) is 18.1 Å². The SMILES string of the molecule is Cc1cc(C(=O)N(Cc2ccccn2)Cc2ccco2)ccc1[N+](=O)[O-]. The Kier molecular flexibility index (Phi) is 5.07. The van der Waals surface area contributed by atoms with E-state index >= 15 is 0 Å². The third kappa shape index (κ3) is 3.94. The van der Waals surface area contributed by atoms with Crippen LogP contribution in [-0.2, 0) is 13.1 Å². The van der Waals surface area contributed by atoms with Crippen LogP contribution in [-0.4, -0.2) is 20.7 Å². The van der Waals surface area contributed by atoms with Gasteiger partial charge >= 0.3 is 0 Å². The van der Waals surface area contributed by atoms with Gasteiger partial charge in [0.05, 0.1) is 30.0 Å². The lowest BCUT2D eigenvalue weighted by molar-refractivity contribution is -0.385. The maximum absolute atomic E-state index is 13.0. The number of aromatic nitrogens is 1. The molecule has 0 aliphatic rings. The lowest BCUT2D eigenvalue weighted by Gasteiger charge is -2.21. The number of amides is 1. The van der Waals surface area contributed by atoms with Gasteiger partial charge in [-0.15, -0.1) is 0 Å². The molecule has 2 heterocycles. The van der Waals surface area contributed by atoms with Gasteiger partial charge in [-0.1, -0.05) is 6.07 Å². The van der Waals surface area contributed by atoms with Crippen molar-refractivity contribution >= 4 is 11.6 Å². The van der Waals surface area contributed by atoms with Crippen LogP contribution in [0.5, 0.6) is 0 Å². The topological polar surface area (TPSA) is 89.5 Å². The zero-order valence-corrected chi connectivity index (χ0v) is 14.2. The van der Waals surface area contributed by atoms with E-state index in [9.17, 15) is 14.9 Å². The average Bonchev–Trinajstić information content (AvgIpc) is 3.14. The summed E-state index contributed by atoms with van der Waals surface area (Å²) in [6.07, 6.45) is 3.22. The number of hydrogen-bond donors (Lipinski definition) is 0. The summed E-state index contributed by atoms with van der Waals surface area (Å²) in [4.78, 5) is 29.4. The predicted octanol–water partition coefficient (Wildman–Crippen LogP) is 3.73. The Hall–Kier alpha value is -3.48. The van der Waals surface area contributed by atoms with Crippen LogP contribution in [0.15, 0.2) is 65.4 Å². The highest BCUT2D eigenvalue weighted by Crippen LogP contribution is 2.21. The molecule has 0 aliphatic heterocycles. The Morgan fingerprint density at radius 3 is 2.65 bits per heavy atom. The summed E-state index contributed by atoms with van der Waals surface area (Å²) in [7, 11) is 0. The van der Waals surface area contributed by atoms with Crippen LogP contribution in [0.4, 0.5) is 5.69 Å². The summed E-state index contributed by atoms with van der Waals surface area (Å²) in [5.74, 6) is 0.401. The largest absolute Gasteiger partial charge is 0.467 e. The molecule has 0 unspecified atom stereocenters. The molecule has 3 rings (SSSR count). The molecule has 0 atom stereocenters. The standard InChI is InChI=1S/C19H17N3O4/c1-14-11-15(7-8-18(14)22(24)25)19(23)21(13-17-6-4-10-26-17)12-16-5-2-3-9-20-16/h2-11H,12-13H2,1H3. The third-order valence-electron chi connectivity index (χ3n) is 3.93. The third-order valence-corrected chi connectivity index (χ3v) is 3.93. The van der Waals surface area contributed by atoms with E-state index in [0.29, 0.717) is 23.4 Å². The first-order valence-corrected chi connectivity index (χ1v) is 8.01. The number of pyridine rings is 1. The highest BCUT2D eigenvalue weighted by molar-refractivity contribution is 5.94. The van der Waals surface area contributed by atoms with Crippen molar-refractivity contribution in [2.45, 2.75) is 20.0 Å². The fourth-order valence-electron chi connectivity index (χ4n) is 2.65. The van der Waals surface area contributed by atoms with Crippen molar-refractivity contribution in [3.63, 3.8) is 0 Å². The molecular weight excluding hydrogens is 334 g/mol. The van der Waals surface area contributed by atoms with Gasteiger partial charge in [0.1, 0.15) is 5.76 Å². The Bertz CT molecular complexity index is 908. The van der Waals surface area contributed by atoms with E-state index in [1.165, 1.54) is 18.2 Å². The molecule has 7 nitrogen and oxygen atoms in total. The maximum Gasteiger partial charge on any atom is 0.272 e. The molecule has 0 fully saturated rings. The summed E-state index contributed by atoms with van der Waals surface area (Å²) in [5, 5.41) is 11.0. The molecule has 1 amide bonds. The maximum atomic E-state index is 13.0. The lowest BCUT2D eigenvalue weighted by Crippen LogP contribution is -2.30. The molecular formula is C19H17N3O4. The first-order chi connectivity index (χ1) is 12.5. The molecule has 0 N–H and O–H groups in total. The number of carbonyl (C=O) groups excluding carboxylic acids is 1. The second-order valence-corrected chi connectivity index (χ2v) is 5.82. The van der Waals surface area contributed by atoms with Gasteiger partial charge in [-0.05, 0) is 43.3 Å². The van der Waals surface area contributed by atoms with E-state index in [0.717, 1.165) is 5.69 Å². The van der Waals surface area contributed by atoms with Crippen LogP contribution < -0.4 is 0 Å². The van der Waals surface area contributed by atoms with Crippen molar-refractivity contribution < 1.29 is 14.1 Å². The van der Waals surface area contributed by atoms with Gasteiger partial charge < -0.3 is 9.32 Å². The highest BCUT2D eigenvalue weighted by Gasteiger charge is 2.20. The molecule has 26 heavy (non-hydrogen) atoms. The molecule has 0 radical (unpaired) electrons. The van der Waals surface area contributed by atoms with E-state index < -0.39 is 4.92 Å². The second-order valence-electron chi connectivity index (χ2n) is 5.82. The summed E-state index contributed by atoms with van der Waals surface area (Å²) >= 11 is 0. The highest BCUT2D eigenvalue weighted by atomic mass is 16.6. The number of benzene rings is 1. The molecule has 3 aromatic rings. The summed E-state index contributed by atoms with van der Waals surface area (Å²) in [6, 6.07) is 13.4. The van der Waals surface area contributed by atoms with Gasteiger partial charge in [0.15, 0.2) is 0 Å². The van der Waals surface area contributed by atoms with Crippen LogP contribution in [0, 0.1) is 17.0 Å². The van der Waals surface area contributed by atoms with Crippen molar-refractivity contribution in [1.29, 1.82) is 0 Å². The van der Waals surface area contributed by atoms with Crippen molar-refractivity contribution in [1.82, 2.24) is 9.88 Å². The normalized spacial score (nSPS) is 10.5. The van der Waals surface area contributed by atoms with Gasteiger partial charge in [-0.25, -0.2) is 0 Å². The van der Waals surface area contributed by atoms with Crippen LogP contribution in [0.25, 0.3) is 0 Å². The quantitative estimate of drug-likeness (QED) is 0.498. The lowest BCUT2D eigenvalue weighted by atomic mass is 10.1. The van der Waals surface area contributed by atoms with E-state index in [1.54, 1.807) is 36.4 Å². The summed E-state index contributed by atoms with van der Waals surface area (Å²) < 4.78 is 5.36. The molecule has 1 aromatic carbocycles. The first kappa shape index (κ1) is 17.3. The zero-order valence-electron chi connectivity index (χ0n) is 14.2. The molecule has 0 saturated carbocycles. The van der Waals surface area contributed by atoms with Crippen LogP contribution >= 0.6 is 0 Å². The molecule has 0 saturated heterocycles.